The van der Waals surface area contributed by atoms with Crippen LogP contribution in [0.4, 0.5) is 0 Å². The van der Waals surface area contributed by atoms with E-state index in [9.17, 15) is 4.79 Å². The summed E-state index contributed by atoms with van der Waals surface area (Å²) in [5.74, 6) is 0.00709. The summed E-state index contributed by atoms with van der Waals surface area (Å²) in [5.41, 5.74) is 0.689. The van der Waals surface area contributed by atoms with E-state index in [0.29, 0.717) is 11.6 Å². The molecule has 2 atom stereocenters. The Morgan fingerprint density at radius 2 is 2.28 bits per heavy atom. The van der Waals surface area contributed by atoms with E-state index in [1.54, 1.807) is 6.07 Å². The smallest absolute Gasteiger partial charge is 0.251 e. The van der Waals surface area contributed by atoms with Crippen LogP contribution in [-0.2, 0) is 0 Å². The molecule has 1 N–H and O–H groups in total. The first-order valence-corrected chi connectivity index (χ1v) is 6.81. The van der Waals surface area contributed by atoms with E-state index in [0.717, 1.165) is 24.3 Å². The molecule has 2 rings (SSSR count). The van der Waals surface area contributed by atoms with E-state index >= 15 is 0 Å². The molecule has 1 heterocycles. The molecule has 18 heavy (non-hydrogen) atoms. The monoisotopic (exact) mass is 264 g/mol. The Morgan fingerprint density at radius 3 is 2.94 bits per heavy atom. The van der Waals surface area contributed by atoms with E-state index in [1.165, 1.54) is 0 Å². The van der Waals surface area contributed by atoms with E-state index in [1.807, 2.05) is 18.2 Å². The quantitative estimate of drug-likeness (QED) is 0.803. The van der Waals surface area contributed by atoms with Gasteiger partial charge in [0.2, 0.25) is 0 Å². The van der Waals surface area contributed by atoms with Crippen LogP contribution in [0.1, 0.15) is 30.1 Å². The molecule has 1 saturated heterocycles. The number of likely N-dealkylation sites (tertiary alicyclic amines) is 1. The molecular formula is C14H20N2OS. The third-order valence-electron chi connectivity index (χ3n) is 3.65. The van der Waals surface area contributed by atoms with Gasteiger partial charge in [-0.15, -0.1) is 12.6 Å². The van der Waals surface area contributed by atoms with Crippen molar-refractivity contribution in [1.82, 2.24) is 10.2 Å². The van der Waals surface area contributed by atoms with Crippen LogP contribution in [0.5, 0.6) is 0 Å². The summed E-state index contributed by atoms with van der Waals surface area (Å²) in [4.78, 5) is 15.2. The lowest BCUT2D eigenvalue weighted by molar-refractivity contribution is 0.0896. The molecule has 3 nitrogen and oxygen atoms in total. The van der Waals surface area contributed by atoms with Gasteiger partial charge >= 0.3 is 0 Å². The van der Waals surface area contributed by atoms with Crippen molar-refractivity contribution in [1.29, 1.82) is 0 Å². The van der Waals surface area contributed by atoms with Crippen molar-refractivity contribution in [3.05, 3.63) is 29.8 Å². The third-order valence-corrected chi connectivity index (χ3v) is 3.93. The van der Waals surface area contributed by atoms with Gasteiger partial charge < -0.3 is 10.2 Å². The summed E-state index contributed by atoms with van der Waals surface area (Å²) in [6.07, 6.45) is 2.04. The number of carbonyl (C=O) groups is 1. The highest BCUT2D eigenvalue weighted by atomic mass is 32.1. The summed E-state index contributed by atoms with van der Waals surface area (Å²) < 4.78 is 0. The highest BCUT2D eigenvalue weighted by Crippen LogP contribution is 2.16. The Kier molecular flexibility index (Phi) is 4.30. The topological polar surface area (TPSA) is 32.3 Å². The molecule has 1 amide bonds. The number of nitrogens with zero attached hydrogens (tertiary/aromatic N) is 1. The lowest BCUT2D eigenvalue weighted by Gasteiger charge is -2.35. The van der Waals surface area contributed by atoms with Crippen LogP contribution in [0.3, 0.4) is 0 Å². The Bertz CT molecular complexity index is 436. The fourth-order valence-corrected chi connectivity index (χ4v) is 2.56. The molecule has 2 unspecified atom stereocenters. The van der Waals surface area contributed by atoms with Crippen LogP contribution in [0.25, 0.3) is 0 Å². The zero-order chi connectivity index (χ0) is 13.1. The second kappa shape index (κ2) is 5.76. The Morgan fingerprint density at radius 1 is 1.50 bits per heavy atom. The summed E-state index contributed by atoms with van der Waals surface area (Å²) >= 11 is 4.25. The molecule has 1 aromatic rings. The molecule has 0 saturated carbocycles. The Balaban J connectivity index is 1.96. The minimum absolute atomic E-state index is 0.00709. The first-order chi connectivity index (χ1) is 8.56. The summed E-state index contributed by atoms with van der Waals surface area (Å²) in [5, 5.41) is 3.11. The van der Waals surface area contributed by atoms with Gasteiger partial charge in [0.25, 0.3) is 5.91 Å². The Labute approximate surface area is 114 Å². The summed E-state index contributed by atoms with van der Waals surface area (Å²) in [7, 11) is 2.13. The molecule has 1 aromatic carbocycles. The van der Waals surface area contributed by atoms with Crippen LogP contribution >= 0.6 is 12.6 Å². The molecule has 1 fully saturated rings. The van der Waals surface area contributed by atoms with Gasteiger partial charge in [0, 0.05) is 29.1 Å². The maximum Gasteiger partial charge on any atom is 0.251 e. The fraction of sp³-hybridized carbons (Fsp3) is 0.500. The van der Waals surface area contributed by atoms with Gasteiger partial charge in [-0.1, -0.05) is 6.07 Å². The number of thiol groups is 1. The molecule has 0 bridgehead atoms. The standard InChI is InChI=1S/C14H20N2OS/c1-10-8-12(6-7-16(10)2)15-14(17)11-4-3-5-13(18)9-11/h3-5,9-10,12,18H,6-8H2,1-2H3,(H,15,17). The number of amides is 1. The highest BCUT2D eigenvalue weighted by Gasteiger charge is 2.24. The molecule has 4 heteroatoms. The van der Waals surface area contributed by atoms with Crippen molar-refractivity contribution in [2.75, 3.05) is 13.6 Å². The van der Waals surface area contributed by atoms with Gasteiger partial charge in [-0.05, 0) is 45.0 Å². The minimum atomic E-state index is 0.00709. The first-order valence-electron chi connectivity index (χ1n) is 6.36. The number of piperidine rings is 1. The molecular weight excluding hydrogens is 244 g/mol. The molecule has 0 spiro atoms. The number of nitrogens with one attached hydrogen (secondary N) is 1. The number of benzene rings is 1. The van der Waals surface area contributed by atoms with Gasteiger partial charge in [0.05, 0.1) is 0 Å². The van der Waals surface area contributed by atoms with Crippen LogP contribution in [0.2, 0.25) is 0 Å². The molecule has 0 aliphatic carbocycles. The third kappa shape index (κ3) is 3.27. The van der Waals surface area contributed by atoms with Crippen molar-refractivity contribution < 1.29 is 4.79 Å². The second-order valence-electron chi connectivity index (χ2n) is 5.07. The van der Waals surface area contributed by atoms with Crippen molar-refractivity contribution in [3.63, 3.8) is 0 Å². The zero-order valence-corrected chi connectivity index (χ0v) is 11.8. The van der Waals surface area contributed by atoms with Crippen molar-refractivity contribution >= 4 is 18.5 Å². The highest BCUT2D eigenvalue weighted by molar-refractivity contribution is 7.80. The van der Waals surface area contributed by atoms with Crippen LogP contribution in [0.15, 0.2) is 29.2 Å². The lowest BCUT2D eigenvalue weighted by atomic mass is 9.98. The van der Waals surface area contributed by atoms with E-state index in [4.69, 9.17) is 0 Å². The molecule has 1 aliphatic heterocycles. The first kappa shape index (κ1) is 13.4. The number of rotatable bonds is 2. The van der Waals surface area contributed by atoms with Crippen LogP contribution < -0.4 is 5.32 Å². The molecule has 0 radical (unpaired) electrons. The van der Waals surface area contributed by atoms with Gasteiger partial charge in [0.1, 0.15) is 0 Å². The predicted octanol–water partition coefficient (Wildman–Crippen LogP) is 2.19. The maximum atomic E-state index is 12.1. The summed E-state index contributed by atoms with van der Waals surface area (Å²) in [6.45, 7) is 3.24. The average Bonchev–Trinajstić information content (AvgIpc) is 2.34. The van der Waals surface area contributed by atoms with Gasteiger partial charge in [-0.3, -0.25) is 4.79 Å². The van der Waals surface area contributed by atoms with E-state index in [2.05, 4.69) is 36.8 Å². The summed E-state index contributed by atoms with van der Waals surface area (Å²) in [6, 6.07) is 8.17. The average molecular weight is 264 g/mol. The van der Waals surface area contributed by atoms with Gasteiger partial charge in [-0.2, -0.15) is 0 Å². The van der Waals surface area contributed by atoms with E-state index in [-0.39, 0.29) is 11.9 Å². The SMILES string of the molecule is CC1CC(NC(=O)c2cccc(S)c2)CCN1C. The fourth-order valence-electron chi connectivity index (χ4n) is 2.34. The largest absolute Gasteiger partial charge is 0.349 e. The number of hydrogen-bond acceptors (Lipinski definition) is 3. The minimum Gasteiger partial charge on any atom is -0.349 e. The molecule has 1 aliphatic rings. The van der Waals surface area contributed by atoms with E-state index < -0.39 is 0 Å². The molecule has 0 aromatic heterocycles. The number of hydrogen-bond donors (Lipinski definition) is 2. The van der Waals surface area contributed by atoms with Crippen LogP contribution in [-0.4, -0.2) is 36.5 Å². The maximum absolute atomic E-state index is 12.1. The van der Waals surface area contributed by atoms with Gasteiger partial charge in [-0.25, -0.2) is 0 Å². The van der Waals surface area contributed by atoms with Crippen molar-refractivity contribution in [2.45, 2.75) is 36.7 Å². The van der Waals surface area contributed by atoms with Gasteiger partial charge in [0.15, 0.2) is 0 Å². The second-order valence-corrected chi connectivity index (χ2v) is 5.59. The normalized spacial score (nSPS) is 24.8. The van der Waals surface area contributed by atoms with Crippen LogP contribution in [0, 0.1) is 0 Å². The zero-order valence-electron chi connectivity index (χ0n) is 10.9. The lowest BCUT2D eigenvalue weighted by Crippen LogP contribution is -2.47. The number of carbonyl (C=O) groups excluding carboxylic acids is 1. The van der Waals surface area contributed by atoms with Crippen molar-refractivity contribution in [3.8, 4) is 0 Å². The molecule has 98 valence electrons. The van der Waals surface area contributed by atoms with Crippen molar-refractivity contribution in [2.24, 2.45) is 0 Å². The Hall–Kier alpha value is -1.00. The predicted molar refractivity (Wildman–Crippen MR) is 76.3 cm³/mol.